The van der Waals surface area contributed by atoms with Crippen molar-refractivity contribution in [1.82, 2.24) is 20.0 Å². The molecule has 25 heavy (non-hydrogen) atoms. The van der Waals surface area contributed by atoms with Crippen LogP contribution in [0.2, 0.25) is 0 Å². The first-order valence-electron chi connectivity index (χ1n) is 8.62. The summed E-state index contributed by atoms with van der Waals surface area (Å²) in [5.41, 5.74) is -0.178. The Morgan fingerprint density at radius 2 is 2.04 bits per heavy atom. The number of hydrogen-bond donors (Lipinski definition) is 1. The molecule has 0 bridgehead atoms. The summed E-state index contributed by atoms with van der Waals surface area (Å²) in [5.74, 6) is 0.847. The Morgan fingerprint density at radius 3 is 2.76 bits per heavy atom. The van der Waals surface area contributed by atoms with Gasteiger partial charge in [0, 0.05) is 44.2 Å². The van der Waals surface area contributed by atoms with Gasteiger partial charge in [-0.3, -0.25) is 4.79 Å². The molecular formula is C17H21N5O3. The molecule has 1 amide bonds. The highest BCUT2D eigenvalue weighted by Crippen LogP contribution is 2.36. The van der Waals surface area contributed by atoms with E-state index in [-0.39, 0.29) is 17.6 Å². The first-order valence-corrected chi connectivity index (χ1v) is 8.62. The molecule has 132 valence electrons. The van der Waals surface area contributed by atoms with Crippen molar-refractivity contribution in [3.63, 3.8) is 0 Å². The Bertz CT molecular complexity index is 698. The van der Waals surface area contributed by atoms with E-state index < -0.39 is 0 Å². The lowest BCUT2D eigenvalue weighted by Crippen LogP contribution is -2.52. The number of nitrogens with zero attached hydrogens (tertiary/aromatic N) is 4. The van der Waals surface area contributed by atoms with Crippen LogP contribution in [-0.2, 0) is 4.74 Å². The molecule has 0 aliphatic carbocycles. The number of rotatable bonds is 3. The Labute approximate surface area is 145 Å². The third kappa shape index (κ3) is 3.48. The highest BCUT2D eigenvalue weighted by molar-refractivity contribution is 5.91. The van der Waals surface area contributed by atoms with E-state index in [4.69, 9.17) is 9.26 Å². The fraction of sp³-hybridized carbons (Fsp3) is 0.529. The second-order valence-corrected chi connectivity index (χ2v) is 6.61. The predicted molar refractivity (Wildman–Crippen MR) is 89.0 cm³/mol. The molecule has 1 N–H and O–H groups in total. The number of ether oxygens (including phenoxy) is 1. The van der Waals surface area contributed by atoms with Crippen molar-refractivity contribution < 1.29 is 14.1 Å². The van der Waals surface area contributed by atoms with Crippen molar-refractivity contribution in [1.29, 1.82) is 0 Å². The van der Waals surface area contributed by atoms with E-state index >= 15 is 0 Å². The molecule has 8 nitrogen and oxygen atoms in total. The number of nitrogens with one attached hydrogen (secondary N) is 1. The van der Waals surface area contributed by atoms with E-state index in [2.05, 4.69) is 20.4 Å². The van der Waals surface area contributed by atoms with Crippen molar-refractivity contribution in [2.24, 2.45) is 0 Å². The third-order valence-corrected chi connectivity index (χ3v) is 5.00. The van der Waals surface area contributed by atoms with Crippen molar-refractivity contribution >= 4 is 11.9 Å². The molecule has 1 spiro atoms. The smallest absolute Gasteiger partial charge is 0.292 e. The molecule has 2 aromatic heterocycles. The van der Waals surface area contributed by atoms with Crippen LogP contribution in [0, 0.1) is 0 Å². The summed E-state index contributed by atoms with van der Waals surface area (Å²) in [7, 11) is 0. The van der Waals surface area contributed by atoms with Gasteiger partial charge < -0.3 is 19.5 Å². The molecule has 2 fully saturated rings. The fourth-order valence-electron chi connectivity index (χ4n) is 3.65. The lowest BCUT2D eigenvalue weighted by Gasteiger charge is -2.46. The lowest BCUT2D eigenvalue weighted by molar-refractivity contribution is -0.110. The van der Waals surface area contributed by atoms with Gasteiger partial charge in [0.05, 0.1) is 11.8 Å². The summed E-state index contributed by atoms with van der Waals surface area (Å²) in [6.07, 6.45) is 8.43. The fourth-order valence-corrected chi connectivity index (χ4v) is 3.65. The molecule has 2 saturated heterocycles. The molecule has 0 radical (unpaired) electrons. The maximum Gasteiger partial charge on any atom is 0.292 e. The Kier molecular flexibility index (Phi) is 4.35. The maximum absolute atomic E-state index is 12.4. The maximum atomic E-state index is 12.4. The van der Waals surface area contributed by atoms with Crippen LogP contribution in [0.4, 0.5) is 5.95 Å². The predicted octanol–water partition coefficient (Wildman–Crippen LogP) is 1.73. The van der Waals surface area contributed by atoms with Crippen molar-refractivity contribution in [2.75, 3.05) is 25.0 Å². The summed E-state index contributed by atoms with van der Waals surface area (Å²) in [6.45, 7) is 2.03. The molecule has 2 aliphatic heterocycles. The highest BCUT2D eigenvalue weighted by atomic mass is 16.5. The minimum absolute atomic E-state index is 0.101. The Morgan fingerprint density at radius 1 is 1.24 bits per heavy atom. The second kappa shape index (κ2) is 6.79. The standard InChI is InChI=1S/C17H21N5O3/c23-15(14-2-8-20-25-14)22-9-4-17(5-10-22)12-13(3-11-24-17)21-16-18-6-1-7-19-16/h1-2,6-8,13H,3-5,9-12H2,(H,18,19,21)/t13-/m1/s1. The third-order valence-electron chi connectivity index (χ3n) is 5.00. The van der Waals surface area contributed by atoms with E-state index in [0.717, 1.165) is 25.7 Å². The van der Waals surface area contributed by atoms with Crippen LogP contribution in [0.5, 0.6) is 0 Å². The Balaban J connectivity index is 1.36. The normalized spacial score (nSPS) is 22.7. The van der Waals surface area contributed by atoms with Crippen LogP contribution < -0.4 is 5.32 Å². The molecular weight excluding hydrogens is 322 g/mol. The zero-order valence-corrected chi connectivity index (χ0v) is 13.9. The van der Waals surface area contributed by atoms with E-state index in [1.165, 1.54) is 6.20 Å². The highest BCUT2D eigenvalue weighted by Gasteiger charge is 2.41. The summed E-state index contributed by atoms with van der Waals surface area (Å²) >= 11 is 0. The zero-order valence-electron chi connectivity index (χ0n) is 13.9. The summed E-state index contributed by atoms with van der Waals surface area (Å²) in [6, 6.07) is 3.69. The van der Waals surface area contributed by atoms with Gasteiger partial charge in [-0.15, -0.1) is 0 Å². The lowest BCUT2D eigenvalue weighted by atomic mass is 9.82. The molecule has 4 rings (SSSR count). The first-order chi connectivity index (χ1) is 12.2. The average Bonchev–Trinajstić information content (AvgIpc) is 3.18. The number of hydrogen-bond acceptors (Lipinski definition) is 7. The molecule has 8 heteroatoms. The molecule has 1 atom stereocenters. The number of likely N-dealkylation sites (tertiary alicyclic amines) is 1. The van der Waals surface area contributed by atoms with Crippen LogP contribution in [0.15, 0.2) is 35.2 Å². The monoisotopic (exact) mass is 343 g/mol. The van der Waals surface area contributed by atoms with Gasteiger partial charge in [0.2, 0.25) is 11.7 Å². The number of carbonyl (C=O) groups is 1. The molecule has 0 unspecified atom stereocenters. The van der Waals surface area contributed by atoms with E-state index in [1.54, 1.807) is 24.5 Å². The number of anilines is 1. The summed E-state index contributed by atoms with van der Waals surface area (Å²) in [5, 5.41) is 7.01. The molecule has 0 aromatic carbocycles. The molecule has 2 aromatic rings. The van der Waals surface area contributed by atoms with Crippen LogP contribution in [0.25, 0.3) is 0 Å². The van der Waals surface area contributed by atoms with Gasteiger partial charge in [-0.2, -0.15) is 0 Å². The topological polar surface area (TPSA) is 93.4 Å². The number of piperidine rings is 1. The summed E-state index contributed by atoms with van der Waals surface area (Å²) < 4.78 is 11.1. The molecule has 2 aliphatic rings. The van der Waals surface area contributed by atoms with E-state index in [1.807, 2.05) is 4.90 Å². The zero-order chi connectivity index (χ0) is 17.1. The molecule has 4 heterocycles. The first kappa shape index (κ1) is 16.0. The minimum Gasteiger partial charge on any atom is -0.375 e. The van der Waals surface area contributed by atoms with E-state index in [9.17, 15) is 4.79 Å². The van der Waals surface area contributed by atoms with Gasteiger partial charge in [-0.1, -0.05) is 5.16 Å². The van der Waals surface area contributed by atoms with E-state index in [0.29, 0.717) is 31.4 Å². The number of aromatic nitrogens is 3. The van der Waals surface area contributed by atoms with Crippen LogP contribution in [0.1, 0.15) is 36.2 Å². The van der Waals surface area contributed by atoms with Gasteiger partial charge in [-0.05, 0) is 31.7 Å². The van der Waals surface area contributed by atoms with Crippen molar-refractivity contribution in [3.05, 3.63) is 36.5 Å². The van der Waals surface area contributed by atoms with Crippen LogP contribution >= 0.6 is 0 Å². The Hall–Kier alpha value is -2.48. The number of amides is 1. The van der Waals surface area contributed by atoms with Crippen LogP contribution in [-0.4, -0.2) is 57.3 Å². The van der Waals surface area contributed by atoms with Gasteiger partial charge in [0.25, 0.3) is 5.91 Å². The quantitative estimate of drug-likeness (QED) is 0.907. The average molecular weight is 343 g/mol. The SMILES string of the molecule is O=C(c1ccno1)N1CCC2(CC1)C[C@H](Nc1ncccn1)CCO2. The largest absolute Gasteiger partial charge is 0.375 e. The molecule has 0 saturated carbocycles. The van der Waals surface area contributed by atoms with Crippen LogP contribution in [0.3, 0.4) is 0 Å². The second-order valence-electron chi connectivity index (χ2n) is 6.61. The number of carbonyl (C=O) groups excluding carboxylic acids is 1. The van der Waals surface area contributed by atoms with Gasteiger partial charge in [0.1, 0.15) is 0 Å². The van der Waals surface area contributed by atoms with Gasteiger partial charge >= 0.3 is 0 Å². The minimum atomic E-state index is -0.178. The van der Waals surface area contributed by atoms with Gasteiger partial charge in [0.15, 0.2) is 0 Å². The van der Waals surface area contributed by atoms with Crippen molar-refractivity contribution in [3.8, 4) is 0 Å². The van der Waals surface area contributed by atoms with Crippen molar-refractivity contribution in [2.45, 2.75) is 37.3 Å². The van der Waals surface area contributed by atoms with Gasteiger partial charge in [-0.25, -0.2) is 9.97 Å². The summed E-state index contributed by atoms with van der Waals surface area (Å²) in [4.78, 5) is 22.6.